The number of carbonyl (C=O) groups excluding carboxylic acids is 2. The molecule has 4 rings (SSSR count). The maximum Gasteiger partial charge on any atom is 0.412 e. The van der Waals surface area contributed by atoms with Gasteiger partial charge in [0.15, 0.2) is 5.76 Å². The van der Waals surface area contributed by atoms with Gasteiger partial charge in [-0.1, -0.05) is 59.9 Å². The van der Waals surface area contributed by atoms with Crippen molar-refractivity contribution in [2.24, 2.45) is 5.92 Å². The summed E-state index contributed by atoms with van der Waals surface area (Å²) in [6, 6.07) is 12.5. The molecule has 0 spiro atoms. The third-order valence-corrected chi connectivity index (χ3v) is 6.34. The van der Waals surface area contributed by atoms with E-state index >= 15 is 0 Å². The molecule has 2 amide bonds. The van der Waals surface area contributed by atoms with Crippen molar-refractivity contribution in [3.63, 3.8) is 0 Å². The van der Waals surface area contributed by atoms with Crippen LogP contribution in [0, 0.1) is 12.8 Å². The molecule has 2 aromatic carbocycles. The molecule has 0 radical (unpaired) electrons. The maximum absolute atomic E-state index is 12.6. The van der Waals surface area contributed by atoms with E-state index in [0.29, 0.717) is 51.2 Å². The molecule has 36 heavy (non-hydrogen) atoms. The van der Waals surface area contributed by atoms with Crippen LogP contribution < -0.4 is 10.6 Å². The normalized spacial score (nSPS) is 14.5. The number of halogens is 1. The zero-order valence-electron chi connectivity index (χ0n) is 19.8. The molecule has 188 valence electrons. The molecule has 1 aliphatic carbocycles. The van der Waals surface area contributed by atoms with Crippen molar-refractivity contribution in [3.05, 3.63) is 70.4 Å². The van der Waals surface area contributed by atoms with Crippen LogP contribution in [0.15, 0.2) is 53.1 Å². The highest BCUT2D eigenvalue weighted by molar-refractivity contribution is 6.31. The molecule has 0 bridgehead atoms. The van der Waals surface area contributed by atoms with Gasteiger partial charge in [-0.15, -0.1) is 0 Å². The van der Waals surface area contributed by atoms with Crippen molar-refractivity contribution >= 4 is 35.3 Å². The number of anilines is 1. The first-order valence-electron chi connectivity index (χ1n) is 11.6. The Hall–Kier alpha value is -3.85. The molecular weight excluding hydrogens is 486 g/mol. The number of hydrogen-bond donors (Lipinski definition) is 3. The summed E-state index contributed by atoms with van der Waals surface area (Å²) in [4.78, 5) is 36.6. The summed E-state index contributed by atoms with van der Waals surface area (Å²) in [6.45, 7) is 3.39. The third kappa shape index (κ3) is 6.04. The average molecular weight is 512 g/mol. The summed E-state index contributed by atoms with van der Waals surface area (Å²) < 4.78 is 10.9. The van der Waals surface area contributed by atoms with Gasteiger partial charge in [0.25, 0.3) is 5.91 Å². The second-order valence-electron chi connectivity index (χ2n) is 8.79. The zero-order valence-corrected chi connectivity index (χ0v) is 20.5. The van der Waals surface area contributed by atoms with E-state index in [9.17, 15) is 19.5 Å². The van der Waals surface area contributed by atoms with Gasteiger partial charge >= 0.3 is 12.1 Å². The molecule has 1 aromatic heterocycles. The van der Waals surface area contributed by atoms with E-state index < -0.39 is 30.1 Å². The number of benzene rings is 2. The minimum absolute atomic E-state index is 0.291. The third-order valence-electron chi connectivity index (χ3n) is 6.00. The number of nitrogens with one attached hydrogen (secondary N) is 2. The smallest absolute Gasteiger partial charge is 0.412 e. The molecule has 0 saturated heterocycles. The van der Waals surface area contributed by atoms with Gasteiger partial charge in [-0.2, -0.15) is 0 Å². The fourth-order valence-electron chi connectivity index (χ4n) is 3.80. The second-order valence-corrected chi connectivity index (χ2v) is 9.19. The Bertz CT molecular complexity index is 1270. The second kappa shape index (κ2) is 10.8. The zero-order chi connectivity index (χ0) is 25.8. The van der Waals surface area contributed by atoms with Crippen molar-refractivity contribution in [2.45, 2.75) is 45.3 Å². The van der Waals surface area contributed by atoms with Crippen LogP contribution >= 0.6 is 11.6 Å². The Morgan fingerprint density at radius 1 is 1.17 bits per heavy atom. The summed E-state index contributed by atoms with van der Waals surface area (Å²) in [5.74, 6) is -0.873. The predicted octanol–water partition coefficient (Wildman–Crippen LogP) is 5.60. The van der Waals surface area contributed by atoms with Gasteiger partial charge in [-0.3, -0.25) is 10.1 Å². The minimum atomic E-state index is -1.05. The lowest BCUT2D eigenvalue weighted by molar-refractivity contribution is -0.139. The minimum Gasteiger partial charge on any atom is -0.480 e. The van der Waals surface area contributed by atoms with Crippen LogP contribution in [0.3, 0.4) is 0 Å². The van der Waals surface area contributed by atoms with E-state index in [4.69, 9.17) is 20.9 Å². The first-order chi connectivity index (χ1) is 17.2. The summed E-state index contributed by atoms with van der Waals surface area (Å²) in [7, 11) is 0. The van der Waals surface area contributed by atoms with Gasteiger partial charge in [0.2, 0.25) is 0 Å². The monoisotopic (exact) mass is 511 g/mol. The fourth-order valence-corrected chi connectivity index (χ4v) is 4.09. The topological polar surface area (TPSA) is 131 Å². The standard InChI is InChI=1S/C26H26ClN3O6/c1-14-22(29-26(34)35-15(2)19-5-3-4-6-20(19)27)23(36-30-14)17-9-11-18(12-10-17)24(31)28-21(25(32)33)13-16-7-8-16/h3-6,9-12,15-16,21H,7-8,13H2,1-2H3,(H,28,31)(H,29,34)(H,32,33)/t15-,21?/m1/s1. The lowest BCUT2D eigenvalue weighted by Gasteiger charge is -2.15. The van der Waals surface area contributed by atoms with Crippen molar-refractivity contribution in [1.29, 1.82) is 0 Å². The number of aryl methyl sites for hydroxylation is 1. The fraction of sp³-hybridized carbons (Fsp3) is 0.308. The lowest BCUT2D eigenvalue weighted by atomic mass is 10.1. The van der Waals surface area contributed by atoms with Gasteiger partial charge in [0.1, 0.15) is 23.5 Å². The molecule has 1 unspecified atom stereocenters. The Balaban J connectivity index is 1.43. The van der Waals surface area contributed by atoms with E-state index in [0.717, 1.165) is 12.8 Å². The number of ether oxygens (including phenoxy) is 1. The average Bonchev–Trinajstić information content (AvgIpc) is 3.60. The molecule has 9 nitrogen and oxygen atoms in total. The van der Waals surface area contributed by atoms with Gasteiger partial charge in [0, 0.05) is 21.7 Å². The van der Waals surface area contributed by atoms with Gasteiger partial charge in [0.05, 0.1) is 0 Å². The Kier molecular flexibility index (Phi) is 7.59. The summed E-state index contributed by atoms with van der Waals surface area (Å²) >= 11 is 6.18. The Morgan fingerprint density at radius 3 is 2.50 bits per heavy atom. The number of rotatable bonds is 9. The molecule has 10 heteroatoms. The highest BCUT2D eigenvalue weighted by atomic mass is 35.5. The number of carbonyl (C=O) groups is 3. The molecule has 3 aromatic rings. The van der Waals surface area contributed by atoms with E-state index in [2.05, 4.69) is 15.8 Å². The van der Waals surface area contributed by atoms with Crippen LogP contribution in [0.1, 0.15) is 53.9 Å². The molecule has 0 aliphatic heterocycles. The summed E-state index contributed by atoms with van der Waals surface area (Å²) in [5.41, 5.74) is 2.32. The first kappa shape index (κ1) is 25.2. The quantitative estimate of drug-likeness (QED) is 0.341. The van der Waals surface area contributed by atoms with Crippen LogP contribution in [-0.4, -0.2) is 34.3 Å². The molecular formula is C26H26ClN3O6. The molecule has 1 heterocycles. The Labute approximate surface area is 212 Å². The van der Waals surface area contributed by atoms with E-state index in [-0.39, 0.29) is 0 Å². The van der Waals surface area contributed by atoms with E-state index in [1.54, 1.807) is 62.4 Å². The number of amides is 2. The van der Waals surface area contributed by atoms with Crippen LogP contribution in [0.4, 0.5) is 10.5 Å². The largest absolute Gasteiger partial charge is 0.480 e. The maximum atomic E-state index is 12.6. The van der Waals surface area contributed by atoms with Crippen LogP contribution in [-0.2, 0) is 9.53 Å². The lowest BCUT2D eigenvalue weighted by Crippen LogP contribution is -2.41. The number of aliphatic carboxylic acids is 1. The number of aromatic nitrogens is 1. The highest BCUT2D eigenvalue weighted by Gasteiger charge is 2.30. The van der Waals surface area contributed by atoms with Crippen molar-refractivity contribution in [1.82, 2.24) is 10.5 Å². The van der Waals surface area contributed by atoms with E-state index in [1.165, 1.54) is 0 Å². The Morgan fingerprint density at radius 2 is 1.86 bits per heavy atom. The molecule has 1 saturated carbocycles. The molecule has 3 N–H and O–H groups in total. The van der Waals surface area contributed by atoms with Gasteiger partial charge < -0.3 is 19.7 Å². The summed E-state index contributed by atoms with van der Waals surface area (Å²) in [5, 5.41) is 19.1. The number of carboxylic acids is 1. The van der Waals surface area contributed by atoms with Crippen molar-refractivity contribution in [2.75, 3.05) is 5.32 Å². The number of nitrogens with zero attached hydrogens (tertiary/aromatic N) is 1. The van der Waals surface area contributed by atoms with Gasteiger partial charge in [-0.25, -0.2) is 9.59 Å². The number of carboxylic acid groups (broad SMARTS) is 1. The molecule has 1 fully saturated rings. The van der Waals surface area contributed by atoms with Crippen LogP contribution in [0.25, 0.3) is 11.3 Å². The highest BCUT2D eigenvalue weighted by Crippen LogP contribution is 2.34. The van der Waals surface area contributed by atoms with Crippen LogP contribution in [0.5, 0.6) is 0 Å². The SMILES string of the molecule is Cc1noc(-c2ccc(C(=O)NC(CC3CC3)C(=O)O)cc2)c1NC(=O)O[C@H](C)c1ccccc1Cl. The van der Waals surface area contributed by atoms with Crippen LogP contribution in [0.2, 0.25) is 5.02 Å². The number of hydrogen-bond acceptors (Lipinski definition) is 6. The molecule has 1 aliphatic rings. The van der Waals surface area contributed by atoms with E-state index in [1.807, 2.05) is 0 Å². The summed E-state index contributed by atoms with van der Waals surface area (Å²) in [6.07, 6.45) is 1.12. The van der Waals surface area contributed by atoms with Gasteiger partial charge in [-0.05, 0) is 44.4 Å². The van der Waals surface area contributed by atoms with Crippen molar-refractivity contribution in [3.8, 4) is 11.3 Å². The predicted molar refractivity (Wildman–Crippen MR) is 133 cm³/mol. The van der Waals surface area contributed by atoms with Crippen molar-refractivity contribution < 1.29 is 28.8 Å². The first-order valence-corrected chi connectivity index (χ1v) is 11.9. The molecule has 2 atom stereocenters.